The number of hydrogen-bond donors (Lipinski definition) is 0. The first-order valence-corrected chi connectivity index (χ1v) is 7.60. The van der Waals surface area contributed by atoms with Crippen LogP contribution in [0.3, 0.4) is 0 Å². The van der Waals surface area contributed by atoms with Gasteiger partial charge in [0.2, 0.25) is 5.91 Å². The fraction of sp³-hybridized carbons (Fsp3) is 0.533. The molecule has 2 aromatic rings. The molecule has 9 heteroatoms. The topological polar surface area (TPSA) is 64.2 Å². The summed E-state index contributed by atoms with van der Waals surface area (Å²) in [5.74, 6) is 0.318. The fourth-order valence-electron chi connectivity index (χ4n) is 2.93. The van der Waals surface area contributed by atoms with E-state index in [0.717, 1.165) is 29.3 Å². The number of aromatic nitrogens is 3. The maximum Gasteiger partial charge on any atom is 0.435 e. The number of carbonyl (C=O) groups excluding carboxylic acids is 1. The zero-order valence-corrected chi connectivity index (χ0v) is 13.3. The molecular weight excluding hydrogens is 325 g/mol. The van der Waals surface area contributed by atoms with Gasteiger partial charge in [0.15, 0.2) is 11.5 Å². The summed E-state index contributed by atoms with van der Waals surface area (Å²) in [4.78, 5) is 14.2. The van der Waals surface area contributed by atoms with E-state index >= 15 is 0 Å². The molecule has 0 spiro atoms. The number of hydrogen-bond acceptors (Lipinski definition) is 4. The summed E-state index contributed by atoms with van der Waals surface area (Å²) >= 11 is 0. The first-order chi connectivity index (χ1) is 11.3. The summed E-state index contributed by atoms with van der Waals surface area (Å²) in [7, 11) is 0. The molecule has 3 rings (SSSR count). The van der Waals surface area contributed by atoms with Crippen molar-refractivity contribution in [3.05, 3.63) is 35.0 Å². The van der Waals surface area contributed by atoms with Gasteiger partial charge in [-0.1, -0.05) is 5.16 Å². The molecule has 130 valence electrons. The van der Waals surface area contributed by atoms with Crippen LogP contribution in [0.15, 0.2) is 16.7 Å². The quantitative estimate of drug-likeness (QED) is 0.860. The number of amides is 1. The minimum absolute atomic E-state index is 0.225. The van der Waals surface area contributed by atoms with E-state index in [0.29, 0.717) is 18.0 Å². The number of rotatable bonds is 3. The van der Waals surface area contributed by atoms with Crippen molar-refractivity contribution in [3.63, 3.8) is 0 Å². The number of alkyl halides is 3. The molecule has 6 nitrogen and oxygen atoms in total. The summed E-state index contributed by atoms with van der Waals surface area (Å²) in [5.41, 5.74) is 0.0283. The molecule has 0 saturated carbocycles. The first-order valence-electron chi connectivity index (χ1n) is 7.60. The van der Waals surface area contributed by atoms with Crippen molar-refractivity contribution in [2.24, 2.45) is 0 Å². The highest BCUT2D eigenvalue weighted by Gasteiger charge is 2.36. The average molecular weight is 342 g/mol. The number of nitrogens with zero attached hydrogens (tertiary/aromatic N) is 4. The minimum Gasteiger partial charge on any atom is -0.359 e. The van der Waals surface area contributed by atoms with Crippen LogP contribution in [0.1, 0.15) is 41.7 Å². The van der Waals surface area contributed by atoms with Gasteiger partial charge in [-0.15, -0.1) is 0 Å². The van der Waals surface area contributed by atoms with Gasteiger partial charge in [0.25, 0.3) is 0 Å². The number of aryl methyl sites for hydroxylation is 2. The zero-order valence-electron chi connectivity index (χ0n) is 13.3. The Morgan fingerprint density at radius 1 is 1.38 bits per heavy atom. The van der Waals surface area contributed by atoms with Gasteiger partial charge in [0.1, 0.15) is 6.54 Å². The second-order valence-corrected chi connectivity index (χ2v) is 5.94. The Labute approximate surface area is 136 Å². The second kappa shape index (κ2) is 5.95. The standard InChI is InChI=1S/C15H17F3N4O2/c1-9-6-12(24-20-9)11-4-3-5-21(11)14(23)8-22-10(2)7-13(19-22)15(16,17)18/h6-7,11H,3-5,8H2,1-2H3/t11-/m1/s1. The number of carbonyl (C=O) groups is 1. The van der Waals surface area contributed by atoms with Crippen molar-refractivity contribution in [2.45, 2.75) is 45.5 Å². The molecule has 2 aromatic heterocycles. The fourth-order valence-corrected chi connectivity index (χ4v) is 2.93. The predicted octanol–water partition coefficient (Wildman–Crippen LogP) is 2.87. The van der Waals surface area contributed by atoms with E-state index in [1.807, 2.05) is 0 Å². The molecule has 3 heterocycles. The summed E-state index contributed by atoms with van der Waals surface area (Å²) in [6.07, 6.45) is -2.97. The Morgan fingerprint density at radius 2 is 2.12 bits per heavy atom. The molecule has 0 unspecified atom stereocenters. The van der Waals surface area contributed by atoms with E-state index in [1.165, 1.54) is 6.92 Å². The normalized spacial score (nSPS) is 18.4. The van der Waals surface area contributed by atoms with Crippen LogP contribution in [0, 0.1) is 13.8 Å². The average Bonchev–Trinajstić information content (AvgIpc) is 3.18. The third-order valence-electron chi connectivity index (χ3n) is 4.10. The molecular formula is C15H17F3N4O2. The largest absolute Gasteiger partial charge is 0.435 e. The zero-order chi connectivity index (χ0) is 17.5. The van der Waals surface area contributed by atoms with Crippen LogP contribution in [-0.4, -0.2) is 32.3 Å². The van der Waals surface area contributed by atoms with E-state index < -0.39 is 11.9 Å². The summed E-state index contributed by atoms with van der Waals surface area (Å²) in [6, 6.07) is 2.49. The predicted molar refractivity (Wildman–Crippen MR) is 76.9 cm³/mol. The van der Waals surface area contributed by atoms with Gasteiger partial charge in [0.05, 0.1) is 11.7 Å². The number of halogens is 3. The lowest BCUT2D eigenvalue weighted by atomic mass is 10.1. The van der Waals surface area contributed by atoms with Gasteiger partial charge >= 0.3 is 6.18 Å². The Kier molecular flexibility index (Phi) is 4.10. The maximum absolute atomic E-state index is 12.7. The third-order valence-corrected chi connectivity index (χ3v) is 4.10. The molecule has 1 saturated heterocycles. The van der Waals surface area contributed by atoms with Crippen LogP contribution in [-0.2, 0) is 17.5 Å². The molecule has 24 heavy (non-hydrogen) atoms. The van der Waals surface area contributed by atoms with E-state index in [1.54, 1.807) is 17.9 Å². The highest BCUT2D eigenvalue weighted by Crippen LogP contribution is 2.33. The molecule has 0 N–H and O–H groups in total. The van der Waals surface area contributed by atoms with Gasteiger partial charge in [-0.25, -0.2) is 0 Å². The van der Waals surface area contributed by atoms with E-state index in [-0.39, 0.29) is 18.5 Å². The van der Waals surface area contributed by atoms with Crippen LogP contribution < -0.4 is 0 Å². The summed E-state index contributed by atoms with van der Waals surface area (Å²) < 4.78 is 44.5. The van der Waals surface area contributed by atoms with Crippen molar-refractivity contribution in [2.75, 3.05) is 6.54 Å². The van der Waals surface area contributed by atoms with Gasteiger partial charge in [-0.05, 0) is 32.8 Å². The summed E-state index contributed by atoms with van der Waals surface area (Å²) in [5, 5.41) is 7.33. The van der Waals surface area contributed by atoms with Crippen LogP contribution >= 0.6 is 0 Å². The first kappa shape index (κ1) is 16.5. The van der Waals surface area contributed by atoms with E-state index in [2.05, 4.69) is 10.3 Å². The molecule has 1 fully saturated rings. The molecule has 0 aliphatic carbocycles. The Bertz CT molecular complexity index is 750. The van der Waals surface area contributed by atoms with Gasteiger partial charge < -0.3 is 9.42 Å². The highest BCUT2D eigenvalue weighted by atomic mass is 19.4. The molecule has 1 aliphatic rings. The second-order valence-electron chi connectivity index (χ2n) is 5.94. The summed E-state index contributed by atoms with van der Waals surface area (Å²) in [6.45, 7) is 3.60. The van der Waals surface area contributed by atoms with Crippen molar-refractivity contribution in [1.82, 2.24) is 19.8 Å². The number of likely N-dealkylation sites (tertiary alicyclic amines) is 1. The van der Waals surface area contributed by atoms with Crippen molar-refractivity contribution < 1.29 is 22.5 Å². The molecule has 1 aliphatic heterocycles. The van der Waals surface area contributed by atoms with Gasteiger partial charge in [0, 0.05) is 18.3 Å². The van der Waals surface area contributed by atoms with Crippen LogP contribution in [0.5, 0.6) is 0 Å². The SMILES string of the molecule is Cc1cc([C@H]2CCCN2C(=O)Cn2nc(C(F)(F)F)cc2C)on1. The van der Waals surface area contributed by atoms with Gasteiger partial charge in [-0.3, -0.25) is 9.48 Å². The molecule has 0 radical (unpaired) electrons. The molecule has 1 atom stereocenters. The van der Waals surface area contributed by atoms with E-state index in [4.69, 9.17) is 4.52 Å². The van der Waals surface area contributed by atoms with E-state index in [9.17, 15) is 18.0 Å². The molecule has 0 aromatic carbocycles. The van der Waals surface area contributed by atoms with Crippen LogP contribution in [0.2, 0.25) is 0 Å². The molecule has 0 bridgehead atoms. The lowest BCUT2D eigenvalue weighted by Crippen LogP contribution is -2.33. The monoisotopic (exact) mass is 342 g/mol. The highest BCUT2D eigenvalue weighted by molar-refractivity contribution is 5.76. The lowest BCUT2D eigenvalue weighted by Gasteiger charge is -2.22. The third kappa shape index (κ3) is 3.15. The Balaban J connectivity index is 1.76. The van der Waals surface area contributed by atoms with Crippen molar-refractivity contribution in [1.29, 1.82) is 0 Å². The molecule has 1 amide bonds. The van der Waals surface area contributed by atoms with Crippen molar-refractivity contribution >= 4 is 5.91 Å². The minimum atomic E-state index is -4.52. The van der Waals surface area contributed by atoms with Crippen molar-refractivity contribution in [3.8, 4) is 0 Å². The van der Waals surface area contributed by atoms with Gasteiger partial charge in [-0.2, -0.15) is 18.3 Å². The lowest BCUT2D eigenvalue weighted by molar-refractivity contribution is -0.142. The van der Waals surface area contributed by atoms with Crippen LogP contribution in [0.4, 0.5) is 13.2 Å². The smallest absolute Gasteiger partial charge is 0.359 e. The van der Waals surface area contributed by atoms with Crippen LogP contribution in [0.25, 0.3) is 0 Å². The maximum atomic E-state index is 12.7. The Morgan fingerprint density at radius 3 is 2.71 bits per heavy atom. The Hall–Kier alpha value is -2.32.